The molecule has 23 heavy (non-hydrogen) atoms. The van der Waals surface area contributed by atoms with Crippen LogP contribution >= 0.6 is 27.3 Å². The third-order valence-corrected chi connectivity index (χ3v) is 5.26. The second-order valence-corrected chi connectivity index (χ2v) is 8.27. The summed E-state index contributed by atoms with van der Waals surface area (Å²) in [4.78, 5) is 21.8. The van der Waals surface area contributed by atoms with Gasteiger partial charge in [-0.25, -0.2) is 9.78 Å². The van der Waals surface area contributed by atoms with Gasteiger partial charge in [-0.05, 0) is 36.7 Å². The van der Waals surface area contributed by atoms with Crippen molar-refractivity contribution in [3.8, 4) is 0 Å². The molecule has 0 bridgehead atoms. The molecule has 0 unspecified atom stereocenters. The van der Waals surface area contributed by atoms with E-state index >= 15 is 0 Å². The van der Waals surface area contributed by atoms with Gasteiger partial charge in [-0.3, -0.25) is 9.30 Å². The van der Waals surface area contributed by atoms with Gasteiger partial charge in [0.15, 0.2) is 4.96 Å². The van der Waals surface area contributed by atoms with E-state index in [2.05, 4.69) is 30.2 Å². The Morgan fingerprint density at radius 3 is 2.65 bits per heavy atom. The molecule has 126 valence electrons. The van der Waals surface area contributed by atoms with Crippen molar-refractivity contribution in [2.24, 2.45) is 0 Å². The monoisotopic (exact) mass is 400 g/mol. The van der Waals surface area contributed by atoms with Crippen LogP contribution in [0.15, 0.2) is 16.2 Å². The molecule has 0 saturated carbocycles. The zero-order chi connectivity index (χ0) is 16.6. The van der Waals surface area contributed by atoms with Crippen molar-refractivity contribution >= 4 is 38.3 Å². The number of ether oxygens (including phenoxy) is 1. The highest BCUT2D eigenvalue weighted by molar-refractivity contribution is 9.10. The average molecular weight is 401 g/mol. The number of aromatic nitrogens is 2. The van der Waals surface area contributed by atoms with Gasteiger partial charge < -0.3 is 9.64 Å². The first-order chi connectivity index (χ1) is 10.8. The Morgan fingerprint density at radius 2 is 2.04 bits per heavy atom. The standard InChI is InChI=1S/C15H21BrN4O2S/c1-15(2,3)22-14(21)19-6-4-18(5-7-19)10-11-12(16)20-8-9-23-13(20)17-11/h8-9H,4-7,10H2,1-3H3. The van der Waals surface area contributed by atoms with Crippen molar-refractivity contribution in [2.45, 2.75) is 32.9 Å². The third-order valence-electron chi connectivity index (χ3n) is 3.67. The van der Waals surface area contributed by atoms with Gasteiger partial charge in [0.25, 0.3) is 0 Å². The molecule has 3 rings (SSSR count). The fourth-order valence-electron chi connectivity index (χ4n) is 2.53. The Bertz CT molecular complexity index is 698. The van der Waals surface area contributed by atoms with Gasteiger partial charge in [-0.15, -0.1) is 11.3 Å². The van der Waals surface area contributed by atoms with Crippen molar-refractivity contribution in [3.05, 3.63) is 21.9 Å². The van der Waals surface area contributed by atoms with Crippen molar-refractivity contribution < 1.29 is 9.53 Å². The zero-order valence-electron chi connectivity index (χ0n) is 13.6. The summed E-state index contributed by atoms with van der Waals surface area (Å²) in [5.74, 6) is 0. The SMILES string of the molecule is CC(C)(C)OC(=O)N1CCN(Cc2nc3sccn3c2Br)CC1. The molecular formula is C15H21BrN4O2S. The molecule has 1 aliphatic rings. The molecule has 1 amide bonds. The van der Waals surface area contributed by atoms with E-state index in [1.165, 1.54) is 0 Å². The number of amides is 1. The van der Waals surface area contributed by atoms with Crippen LogP contribution < -0.4 is 0 Å². The summed E-state index contributed by atoms with van der Waals surface area (Å²) in [6, 6.07) is 0. The van der Waals surface area contributed by atoms with Crippen molar-refractivity contribution in [2.75, 3.05) is 26.2 Å². The summed E-state index contributed by atoms with van der Waals surface area (Å²) in [5.41, 5.74) is 0.601. The number of piperazine rings is 1. The molecular weight excluding hydrogens is 380 g/mol. The molecule has 0 aliphatic carbocycles. The predicted octanol–water partition coefficient (Wildman–Crippen LogP) is 3.21. The Balaban J connectivity index is 1.56. The lowest BCUT2D eigenvalue weighted by atomic mass is 10.2. The first-order valence-electron chi connectivity index (χ1n) is 7.64. The Hall–Kier alpha value is -1.12. The van der Waals surface area contributed by atoms with E-state index < -0.39 is 5.60 Å². The average Bonchev–Trinajstić information content (AvgIpc) is 3.02. The Morgan fingerprint density at radius 1 is 1.35 bits per heavy atom. The zero-order valence-corrected chi connectivity index (χ0v) is 16.0. The van der Waals surface area contributed by atoms with Gasteiger partial charge in [0.2, 0.25) is 0 Å². The molecule has 0 spiro atoms. The number of nitrogens with zero attached hydrogens (tertiary/aromatic N) is 4. The van der Waals surface area contributed by atoms with Gasteiger partial charge in [-0.2, -0.15) is 0 Å². The first kappa shape index (κ1) is 16.7. The number of carbonyl (C=O) groups is 1. The number of thiazole rings is 1. The molecule has 1 fully saturated rings. The first-order valence-corrected chi connectivity index (χ1v) is 9.31. The van der Waals surface area contributed by atoms with Gasteiger partial charge in [0.05, 0.1) is 5.69 Å². The number of hydrogen-bond acceptors (Lipinski definition) is 5. The Kier molecular flexibility index (Phi) is 4.66. The van der Waals surface area contributed by atoms with Crippen LogP contribution in [0.25, 0.3) is 4.96 Å². The van der Waals surface area contributed by atoms with Crippen LogP contribution in [0.4, 0.5) is 4.79 Å². The van der Waals surface area contributed by atoms with E-state index in [1.807, 2.05) is 32.3 Å². The molecule has 1 saturated heterocycles. The van der Waals surface area contributed by atoms with Crippen LogP contribution in [0.3, 0.4) is 0 Å². The molecule has 0 radical (unpaired) electrons. The van der Waals surface area contributed by atoms with Crippen molar-refractivity contribution in [3.63, 3.8) is 0 Å². The van der Waals surface area contributed by atoms with Crippen molar-refractivity contribution in [1.29, 1.82) is 0 Å². The molecule has 6 nitrogen and oxygen atoms in total. The van der Waals surface area contributed by atoms with Crippen molar-refractivity contribution in [1.82, 2.24) is 19.2 Å². The van der Waals surface area contributed by atoms with E-state index in [-0.39, 0.29) is 6.09 Å². The molecule has 2 aromatic rings. The molecule has 0 atom stereocenters. The molecule has 0 aromatic carbocycles. The molecule has 2 aromatic heterocycles. The fourth-order valence-corrected chi connectivity index (χ4v) is 3.88. The summed E-state index contributed by atoms with van der Waals surface area (Å²) >= 11 is 5.25. The fraction of sp³-hybridized carbons (Fsp3) is 0.600. The summed E-state index contributed by atoms with van der Waals surface area (Å²) in [6.07, 6.45) is 1.79. The predicted molar refractivity (Wildman–Crippen MR) is 93.9 cm³/mol. The lowest BCUT2D eigenvalue weighted by Crippen LogP contribution is -2.49. The van der Waals surface area contributed by atoms with Crippen LogP contribution in [0.1, 0.15) is 26.5 Å². The van der Waals surface area contributed by atoms with Gasteiger partial charge >= 0.3 is 6.09 Å². The highest BCUT2D eigenvalue weighted by Gasteiger charge is 2.26. The van der Waals surface area contributed by atoms with Crippen LogP contribution in [0, 0.1) is 0 Å². The number of imidazole rings is 1. The highest BCUT2D eigenvalue weighted by atomic mass is 79.9. The van der Waals surface area contributed by atoms with E-state index in [4.69, 9.17) is 4.74 Å². The maximum Gasteiger partial charge on any atom is 0.410 e. The highest BCUT2D eigenvalue weighted by Crippen LogP contribution is 2.24. The smallest absolute Gasteiger partial charge is 0.410 e. The van der Waals surface area contributed by atoms with E-state index in [0.29, 0.717) is 13.1 Å². The maximum absolute atomic E-state index is 12.1. The van der Waals surface area contributed by atoms with E-state index in [0.717, 1.165) is 34.9 Å². The van der Waals surface area contributed by atoms with E-state index in [9.17, 15) is 4.79 Å². The number of hydrogen-bond donors (Lipinski definition) is 0. The Labute approximate surface area is 148 Å². The number of carbonyl (C=O) groups excluding carboxylic acids is 1. The quantitative estimate of drug-likeness (QED) is 0.776. The summed E-state index contributed by atoms with van der Waals surface area (Å²) in [6.45, 7) is 9.50. The second-order valence-electron chi connectivity index (χ2n) is 6.65. The molecule has 0 N–H and O–H groups in total. The summed E-state index contributed by atoms with van der Waals surface area (Å²) in [7, 11) is 0. The number of fused-ring (bicyclic) bond motifs is 1. The largest absolute Gasteiger partial charge is 0.444 e. The minimum Gasteiger partial charge on any atom is -0.444 e. The third kappa shape index (κ3) is 3.87. The minimum atomic E-state index is -0.443. The molecule has 8 heteroatoms. The number of rotatable bonds is 2. The lowest BCUT2D eigenvalue weighted by Gasteiger charge is -2.35. The number of halogens is 1. The van der Waals surface area contributed by atoms with Crippen LogP contribution in [-0.4, -0.2) is 57.1 Å². The minimum absolute atomic E-state index is 0.221. The molecule has 1 aliphatic heterocycles. The topological polar surface area (TPSA) is 50.1 Å². The summed E-state index contributed by atoms with van der Waals surface area (Å²) < 4.78 is 8.50. The van der Waals surface area contributed by atoms with Crippen LogP contribution in [0.5, 0.6) is 0 Å². The van der Waals surface area contributed by atoms with Gasteiger partial charge in [0.1, 0.15) is 10.2 Å². The van der Waals surface area contributed by atoms with Gasteiger partial charge in [-0.1, -0.05) is 0 Å². The second kappa shape index (κ2) is 6.41. The van der Waals surface area contributed by atoms with Gasteiger partial charge in [0, 0.05) is 44.3 Å². The van der Waals surface area contributed by atoms with Crippen LogP contribution in [0.2, 0.25) is 0 Å². The molecule has 3 heterocycles. The maximum atomic E-state index is 12.1. The normalized spacial score (nSPS) is 17.0. The van der Waals surface area contributed by atoms with E-state index in [1.54, 1.807) is 16.2 Å². The van der Waals surface area contributed by atoms with Crippen LogP contribution in [-0.2, 0) is 11.3 Å². The lowest BCUT2D eigenvalue weighted by molar-refractivity contribution is 0.0138. The summed E-state index contributed by atoms with van der Waals surface area (Å²) in [5, 5.41) is 2.02.